The van der Waals surface area contributed by atoms with Gasteiger partial charge in [0.25, 0.3) is 0 Å². The van der Waals surface area contributed by atoms with E-state index in [1.54, 1.807) is 0 Å². The molecule has 0 atom stereocenters. The number of ether oxygens (including phenoxy) is 2. The van der Waals surface area contributed by atoms with E-state index in [9.17, 15) is 4.79 Å². The highest BCUT2D eigenvalue weighted by molar-refractivity contribution is 6.40. The topological polar surface area (TPSA) is 61.3 Å². The summed E-state index contributed by atoms with van der Waals surface area (Å²) in [5.41, 5.74) is 0.299. The van der Waals surface area contributed by atoms with Gasteiger partial charge in [0.1, 0.15) is 5.69 Å². The number of nitrogens with zero attached hydrogens (tertiary/aromatic N) is 2. The Labute approximate surface area is 96.3 Å². The fourth-order valence-electron chi connectivity index (χ4n) is 0.924. The molecular weight excluding hydrogens is 243 g/mol. The molecule has 0 saturated carbocycles. The summed E-state index contributed by atoms with van der Waals surface area (Å²) in [6.45, 7) is 0.105. The van der Waals surface area contributed by atoms with Crippen molar-refractivity contribution in [3.63, 3.8) is 0 Å². The lowest BCUT2D eigenvalue weighted by Crippen LogP contribution is -2.11. The standard InChI is InChI=1S/C8H8Cl2N2O3/c1-14-3-4-5(8(13)15-2)12-7(10)6(9)11-4/h3H2,1-2H3. The third kappa shape index (κ3) is 2.77. The maximum Gasteiger partial charge on any atom is 0.358 e. The quantitative estimate of drug-likeness (QED) is 0.765. The van der Waals surface area contributed by atoms with Gasteiger partial charge in [0.05, 0.1) is 13.7 Å². The Balaban J connectivity index is 3.21. The summed E-state index contributed by atoms with van der Waals surface area (Å²) in [5.74, 6) is -0.631. The molecule has 0 saturated heterocycles. The van der Waals surface area contributed by atoms with E-state index in [2.05, 4.69) is 14.7 Å². The average molecular weight is 251 g/mol. The van der Waals surface area contributed by atoms with Gasteiger partial charge in [-0.2, -0.15) is 0 Å². The van der Waals surface area contributed by atoms with E-state index in [4.69, 9.17) is 27.9 Å². The van der Waals surface area contributed by atoms with Crippen molar-refractivity contribution in [1.82, 2.24) is 9.97 Å². The van der Waals surface area contributed by atoms with Crippen molar-refractivity contribution < 1.29 is 14.3 Å². The normalized spacial score (nSPS) is 10.1. The van der Waals surface area contributed by atoms with Gasteiger partial charge in [-0.15, -0.1) is 0 Å². The third-order valence-corrected chi connectivity index (χ3v) is 2.17. The molecule has 1 rings (SSSR count). The van der Waals surface area contributed by atoms with Crippen LogP contribution >= 0.6 is 23.2 Å². The number of esters is 1. The summed E-state index contributed by atoms with van der Waals surface area (Å²) < 4.78 is 9.37. The number of hydrogen-bond donors (Lipinski definition) is 0. The van der Waals surface area contributed by atoms with Gasteiger partial charge in [0.2, 0.25) is 0 Å². The molecular formula is C8H8Cl2N2O3. The van der Waals surface area contributed by atoms with Crippen LogP contribution in [0.2, 0.25) is 10.3 Å². The number of aromatic nitrogens is 2. The largest absolute Gasteiger partial charge is 0.464 e. The highest BCUT2D eigenvalue weighted by Gasteiger charge is 2.18. The molecule has 1 aromatic heterocycles. The van der Waals surface area contributed by atoms with Crippen LogP contribution < -0.4 is 0 Å². The minimum Gasteiger partial charge on any atom is -0.464 e. The predicted octanol–water partition coefficient (Wildman–Crippen LogP) is 1.72. The Bertz CT molecular complexity index is 384. The lowest BCUT2D eigenvalue weighted by Gasteiger charge is -2.06. The summed E-state index contributed by atoms with van der Waals surface area (Å²) in [4.78, 5) is 18.9. The molecule has 5 nitrogen and oxygen atoms in total. The molecule has 0 unspecified atom stereocenters. The minimum atomic E-state index is -0.631. The van der Waals surface area contributed by atoms with Crippen LogP contribution in [0.5, 0.6) is 0 Å². The molecule has 0 bridgehead atoms. The van der Waals surface area contributed by atoms with Crippen molar-refractivity contribution in [2.45, 2.75) is 6.61 Å². The Morgan fingerprint density at radius 3 is 2.40 bits per heavy atom. The molecule has 0 fully saturated rings. The molecule has 0 radical (unpaired) electrons. The van der Waals surface area contributed by atoms with Gasteiger partial charge in [-0.1, -0.05) is 23.2 Å². The van der Waals surface area contributed by atoms with Crippen molar-refractivity contribution in [2.24, 2.45) is 0 Å². The van der Waals surface area contributed by atoms with Crippen LogP contribution in [-0.4, -0.2) is 30.2 Å². The second kappa shape index (κ2) is 5.25. The molecule has 7 heteroatoms. The van der Waals surface area contributed by atoms with Gasteiger partial charge < -0.3 is 9.47 Å². The second-order valence-corrected chi connectivity index (χ2v) is 3.24. The van der Waals surface area contributed by atoms with Crippen molar-refractivity contribution in [3.8, 4) is 0 Å². The fourth-order valence-corrected chi connectivity index (χ4v) is 1.19. The lowest BCUT2D eigenvalue weighted by molar-refractivity contribution is 0.0587. The van der Waals surface area contributed by atoms with E-state index < -0.39 is 5.97 Å². The molecule has 82 valence electrons. The Morgan fingerprint density at radius 2 is 1.87 bits per heavy atom. The number of rotatable bonds is 3. The highest BCUT2D eigenvalue weighted by atomic mass is 35.5. The summed E-state index contributed by atoms with van der Waals surface area (Å²) >= 11 is 11.3. The highest BCUT2D eigenvalue weighted by Crippen LogP contribution is 2.19. The second-order valence-electron chi connectivity index (χ2n) is 2.53. The van der Waals surface area contributed by atoms with Gasteiger partial charge >= 0.3 is 5.97 Å². The Kier molecular flexibility index (Phi) is 4.26. The van der Waals surface area contributed by atoms with E-state index >= 15 is 0 Å². The Hall–Kier alpha value is -0.910. The van der Waals surface area contributed by atoms with Crippen LogP contribution in [0.15, 0.2) is 0 Å². The molecule has 0 spiro atoms. The molecule has 0 aliphatic carbocycles. The number of hydrogen-bond acceptors (Lipinski definition) is 5. The first-order chi connectivity index (χ1) is 7.10. The van der Waals surface area contributed by atoms with Crippen LogP contribution in [0.3, 0.4) is 0 Å². The first-order valence-electron chi connectivity index (χ1n) is 3.89. The summed E-state index contributed by atoms with van der Waals surface area (Å²) in [7, 11) is 2.70. The molecule has 15 heavy (non-hydrogen) atoms. The van der Waals surface area contributed by atoms with Crippen molar-refractivity contribution in [2.75, 3.05) is 14.2 Å². The van der Waals surface area contributed by atoms with E-state index in [0.717, 1.165) is 0 Å². The first-order valence-corrected chi connectivity index (χ1v) is 4.65. The summed E-state index contributed by atoms with van der Waals surface area (Å²) in [6.07, 6.45) is 0. The fraction of sp³-hybridized carbons (Fsp3) is 0.375. The molecule has 1 heterocycles. The monoisotopic (exact) mass is 250 g/mol. The number of carbonyl (C=O) groups is 1. The minimum absolute atomic E-state index is 0.00810. The average Bonchev–Trinajstić information content (AvgIpc) is 2.22. The maximum atomic E-state index is 11.3. The van der Waals surface area contributed by atoms with Crippen LogP contribution in [0.25, 0.3) is 0 Å². The molecule has 0 amide bonds. The van der Waals surface area contributed by atoms with E-state index in [-0.39, 0.29) is 22.6 Å². The Morgan fingerprint density at radius 1 is 1.27 bits per heavy atom. The lowest BCUT2D eigenvalue weighted by atomic mass is 10.3. The van der Waals surface area contributed by atoms with Crippen LogP contribution in [0.1, 0.15) is 16.2 Å². The van der Waals surface area contributed by atoms with Crippen molar-refractivity contribution in [3.05, 3.63) is 21.7 Å². The zero-order valence-electron chi connectivity index (χ0n) is 8.08. The number of methoxy groups -OCH3 is 2. The molecule has 1 aromatic rings. The van der Waals surface area contributed by atoms with Gasteiger partial charge in [0.15, 0.2) is 16.0 Å². The van der Waals surface area contributed by atoms with Crippen molar-refractivity contribution >= 4 is 29.2 Å². The van der Waals surface area contributed by atoms with Crippen LogP contribution in [0.4, 0.5) is 0 Å². The van der Waals surface area contributed by atoms with E-state index in [1.807, 2.05) is 0 Å². The molecule has 0 N–H and O–H groups in total. The SMILES string of the molecule is COCc1nc(Cl)c(Cl)nc1C(=O)OC. The predicted molar refractivity (Wildman–Crippen MR) is 54.1 cm³/mol. The summed E-state index contributed by atoms with van der Waals surface area (Å²) in [5, 5.41) is -0.0201. The smallest absolute Gasteiger partial charge is 0.358 e. The number of halogens is 2. The summed E-state index contributed by atoms with van der Waals surface area (Å²) in [6, 6.07) is 0. The molecule has 0 aromatic carbocycles. The molecule has 0 aliphatic rings. The first kappa shape index (κ1) is 12.2. The van der Waals surface area contributed by atoms with Gasteiger partial charge in [-0.3, -0.25) is 0 Å². The van der Waals surface area contributed by atoms with E-state index in [0.29, 0.717) is 5.69 Å². The van der Waals surface area contributed by atoms with Crippen LogP contribution in [-0.2, 0) is 16.1 Å². The third-order valence-electron chi connectivity index (χ3n) is 1.55. The van der Waals surface area contributed by atoms with Crippen molar-refractivity contribution in [1.29, 1.82) is 0 Å². The zero-order chi connectivity index (χ0) is 11.4. The van der Waals surface area contributed by atoms with Crippen LogP contribution in [0, 0.1) is 0 Å². The van der Waals surface area contributed by atoms with Gasteiger partial charge in [0, 0.05) is 7.11 Å². The van der Waals surface area contributed by atoms with Gasteiger partial charge in [-0.25, -0.2) is 14.8 Å². The molecule has 0 aliphatic heterocycles. The van der Waals surface area contributed by atoms with Gasteiger partial charge in [-0.05, 0) is 0 Å². The maximum absolute atomic E-state index is 11.3. The zero-order valence-corrected chi connectivity index (χ0v) is 9.59. The number of carbonyl (C=O) groups excluding carboxylic acids is 1. The van der Waals surface area contributed by atoms with E-state index in [1.165, 1.54) is 14.2 Å².